The van der Waals surface area contributed by atoms with Gasteiger partial charge in [0, 0.05) is 28.8 Å². The second-order valence-corrected chi connectivity index (χ2v) is 6.82. The topological polar surface area (TPSA) is 38.0 Å². The van der Waals surface area contributed by atoms with Gasteiger partial charge in [0.25, 0.3) is 0 Å². The first-order valence-corrected chi connectivity index (χ1v) is 9.48. The molecule has 0 aliphatic rings. The first kappa shape index (κ1) is 18.5. The normalized spacial score (nSPS) is 10.5. The van der Waals surface area contributed by atoms with E-state index >= 15 is 0 Å². The van der Waals surface area contributed by atoms with Crippen LogP contribution in [0.25, 0.3) is 11.1 Å². The average molecular weight is 378 g/mol. The molecule has 0 unspecified atom stereocenters. The zero-order valence-electron chi connectivity index (χ0n) is 15.9. The van der Waals surface area contributed by atoms with E-state index in [9.17, 15) is 9.59 Å². The fourth-order valence-corrected chi connectivity index (χ4v) is 3.21. The Bertz CT molecular complexity index is 1120. The van der Waals surface area contributed by atoms with Gasteiger partial charge in [0.15, 0.2) is 18.2 Å². The van der Waals surface area contributed by atoms with Crippen molar-refractivity contribution in [3.05, 3.63) is 126 Å². The molecule has 3 aromatic carbocycles. The molecule has 0 radical (unpaired) electrons. The molecule has 0 aliphatic heterocycles. The van der Waals surface area contributed by atoms with E-state index in [1.807, 2.05) is 72.8 Å². The van der Waals surface area contributed by atoms with Crippen molar-refractivity contribution in [2.75, 3.05) is 0 Å². The molecule has 0 atom stereocenters. The van der Waals surface area contributed by atoms with Gasteiger partial charge in [-0.1, -0.05) is 84.9 Å². The first-order chi connectivity index (χ1) is 14.2. The number of rotatable bonds is 6. The number of hydrogen-bond acceptors (Lipinski definition) is 2. The highest BCUT2D eigenvalue weighted by Crippen LogP contribution is 2.19. The molecule has 3 nitrogen and oxygen atoms in total. The van der Waals surface area contributed by atoms with Gasteiger partial charge >= 0.3 is 0 Å². The Morgan fingerprint density at radius 1 is 0.552 bits per heavy atom. The number of aromatic nitrogens is 1. The van der Waals surface area contributed by atoms with Crippen LogP contribution in [-0.4, -0.2) is 11.6 Å². The number of benzene rings is 3. The van der Waals surface area contributed by atoms with Crippen LogP contribution in [0.4, 0.5) is 0 Å². The molecule has 140 valence electrons. The number of ketones is 2. The smallest absolute Gasteiger partial charge is 0.227 e. The maximum Gasteiger partial charge on any atom is 0.227 e. The molecule has 4 aromatic rings. The van der Waals surface area contributed by atoms with Crippen LogP contribution in [0.1, 0.15) is 26.3 Å². The van der Waals surface area contributed by atoms with Crippen LogP contribution >= 0.6 is 0 Å². The van der Waals surface area contributed by atoms with Gasteiger partial charge in [-0.15, -0.1) is 0 Å². The SMILES string of the molecule is O=C(C[n+]1ccc(C(=O)c2ccccc2)cc1)c1ccc(-c2ccccc2)cc1. The van der Waals surface area contributed by atoms with E-state index in [0.29, 0.717) is 16.7 Å². The van der Waals surface area contributed by atoms with Gasteiger partial charge in [-0.2, -0.15) is 4.57 Å². The third-order valence-corrected chi connectivity index (χ3v) is 4.83. The van der Waals surface area contributed by atoms with Crippen molar-refractivity contribution in [3.8, 4) is 11.1 Å². The molecule has 1 heterocycles. The molecule has 0 saturated carbocycles. The third kappa shape index (κ3) is 4.36. The van der Waals surface area contributed by atoms with Gasteiger partial charge in [0.1, 0.15) is 0 Å². The molecule has 0 saturated heterocycles. The highest BCUT2D eigenvalue weighted by atomic mass is 16.1. The lowest BCUT2D eigenvalue weighted by Gasteiger charge is -2.04. The van der Waals surface area contributed by atoms with Crippen molar-refractivity contribution in [1.29, 1.82) is 0 Å². The molecule has 0 N–H and O–H groups in total. The molecule has 1 aromatic heterocycles. The number of pyridine rings is 1. The summed E-state index contributed by atoms with van der Waals surface area (Å²) in [6.45, 7) is 0.227. The molecule has 0 bridgehead atoms. The fourth-order valence-electron chi connectivity index (χ4n) is 3.21. The summed E-state index contributed by atoms with van der Waals surface area (Å²) >= 11 is 0. The summed E-state index contributed by atoms with van der Waals surface area (Å²) in [7, 11) is 0. The van der Waals surface area contributed by atoms with E-state index in [1.165, 1.54) is 0 Å². The van der Waals surface area contributed by atoms with Crippen LogP contribution < -0.4 is 4.57 Å². The maximum absolute atomic E-state index is 12.6. The van der Waals surface area contributed by atoms with Gasteiger partial charge < -0.3 is 0 Å². The van der Waals surface area contributed by atoms with Crippen molar-refractivity contribution in [2.24, 2.45) is 0 Å². The van der Waals surface area contributed by atoms with Crippen LogP contribution in [0.3, 0.4) is 0 Å². The predicted molar refractivity (Wildman–Crippen MR) is 113 cm³/mol. The lowest BCUT2D eigenvalue weighted by Crippen LogP contribution is -2.37. The van der Waals surface area contributed by atoms with Crippen LogP contribution in [0, 0.1) is 0 Å². The first-order valence-electron chi connectivity index (χ1n) is 9.48. The predicted octanol–water partition coefficient (Wildman–Crippen LogP) is 4.76. The highest BCUT2D eigenvalue weighted by molar-refractivity contribution is 6.08. The second kappa shape index (κ2) is 8.44. The Morgan fingerprint density at radius 3 is 1.69 bits per heavy atom. The van der Waals surface area contributed by atoms with Crippen molar-refractivity contribution in [3.63, 3.8) is 0 Å². The summed E-state index contributed by atoms with van der Waals surface area (Å²) < 4.78 is 1.79. The maximum atomic E-state index is 12.6. The summed E-state index contributed by atoms with van der Waals surface area (Å²) in [5.74, 6) is -0.00248. The van der Waals surface area contributed by atoms with Crippen molar-refractivity contribution >= 4 is 11.6 Å². The Kier molecular flexibility index (Phi) is 5.39. The summed E-state index contributed by atoms with van der Waals surface area (Å²) in [5.41, 5.74) is 4.13. The Labute approximate surface area is 169 Å². The Balaban J connectivity index is 1.44. The summed E-state index contributed by atoms with van der Waals surface area (Å²) in [4.78, 5) is 25.1. The molecule has 29 heavy (non-hydrogen) atoms. The molecule has 4 rings (SSSR count). The minimum Gasteiger partial charge on any atom is -0.289 e. The monoisotopic (exact) mass is 378 g/mol. The summed E-state index contributed by atoms with van der Waals surface area (Å²) in [5, 5.41) is 0. The van der Waals surface area contributed by atoms with Crippen molar-refractivity contribution in [1.82, 2.24) is 0 Å². The fraction of sp³-hybridized carbons (Fsp3) is 0.0385. The van der Waals surface area contributed by atoms with Crippen LogP contribution in [0.2, 0.25) is 0 Å². The van der Waals surface area contributed by atoms with Gasteiger partial charge in [-0.05, 0) is 11.1 Å². The minimum atomic E-state index is -0.0272. The Hall–Kier alpha value is -3.85. The van der Waals surface area contributed by atoms with E-state index in [1.54, 1.807) is 41.2 Å². The highest BCUT2D eigenvalue weighted by Gasteiger charge is 2.14. The van der Waals surface area contributed by atoms with Crippen molar-refractivity contribution in [2.45, 2.75) is 6.54 Å². The average Bonchev–Trinajstić information content (AvgIpc) is 2.80. The van der Waals surface area contributed by atoms with Gasteiger partial charge in [-0.25, -0.2) is 0 Å². The number of carbonyl (C=O) groups is 2. The third-order valence-electron chi connectivity index (χ3n) is 4.83. The number of hydrogen-bond donors (Lipinski definition) is 0. The largest absolute Gasteiger partial charge is 0.289 e. The second-order valence-electron chi connectivity index (χ2n) is 6.82. The standard InChI is InChI=1S/C26H20NO2/c28-25(22-13-11-21(12-14-22)20-7-3-1-4-8-20)19-27-17-15-24(16-18-27)26(29)23-9-5-2-6-10-23/h1-18H,19H2/q+1. The zero-order chi connectivity index (χ0) is 20.1. The zero-order valence-corrected chi connectivity index (χ0v) is 15.9. The molecular formula is C26H20NO2+. The van der Waals surface area contributed by atoms with Crippen LogP contribution in [0.15, 0.2) is 109 Å². The molecule has 0 aliphatic carbocycles. The molecule has 0 fully saturated rings. The lowest BCUT2D eigenvalue weighted by molar-refractivity contribution is -0.683. The Morgan fingerprint density at radius 2 is 1.07 bits per heavy atom. The summed E-state index contributed by atoms with van der Waals surface area (Å²) in [6, 6.07) is 30.4. The molecule has 0 spiro atoms. The van der Waals surface area contributed by atoms with E-state index in [2.05, 4.69) is 0 Å². The van der Waals surface area contributed by atoms with E-state index in [4.69, 9.17) is 0 Å². The molecular weight excluding hydrogens is 358 g/mol. The van der Waals surface area contributed by atoms with E-state index in [-0.39, 0.29) is 18.1 Å². The number of carbonyl (C=O) groups excluding carboxylic acids is 2. The van der Waals surface area contributed by atoms with Gasteiger partial charge in [0.05, 0.1) is 0 Å². The lowest BCUT2D eigenvalue weighted by atomic mass is 10.0. The molecule has 3 heteroatoms. The number of Topliss-reactive ketones (excluding diaryl/α,β-unsaturated/α-hetero) is 1. The van der Waals surface area contributed by atoms with Gasteiger partial charge in [-0.3, -0.25) is 9.59 Å². The quantitative estimate of drug-likeness (QED) is 0.359. The van der Waals surface area contributed by atoms with Crippen molar-refractivity contribution < 1.29 is 14.2 Å². The van der Waals surface area contributed by atoms with E-state index in [0.717, 1.165) is 11.1 Å². The molecule has 0 amide bonds. The van der Waals surface area contributed by atoms with Crippen LogP contribution in [-0.2, 0) is 6.54 Å². The minimum absolute atomic E-state index is 0.0248. The summed E-state index contributed by atoms with van der Waals surface area (Å²) in [6.07, 6.45) is 3.54. The van der Waals surface area contributed by atoms with Crippen LogP contribution in [0.5, 0.6) is 0 Å². The van der Waals surface area contributed by atoms with Gasteiger partial charge in [0.2, 0.25) is 12.3 Å². The van der Waals surface area contributed by atoms with E-state index < -0.39 is 0 Å². The number of nitrogens with zero attached hydrogens (tertiary/aromatic N) is 1.